The molecule has 0 spiro atoms. The smallest absolute Gasteiger partial charge is 0.216 e. The van der Waals surface area contributed by atoms with E-state index in [0.29, 0.717) is 24.9 Å². The summed E-state index contributed by atoms with van der Waals surface area (Å²) < 4.78 is 17.1. The van der Waals surface area contributed by atoms with Gasteiger partial charge >= 0.3 is 0 Å². The minimum absolute atomic E-state index is 0.282. The Morgan fingerprint density at radius 2 is 0.846 bits per heavy atom. The molecule has 6 heteroatoms. The summed E-state index contributed by atoms with van der Waals surface area (Å²) in [6, 6.07) is 48.1. The molecule has 10 rings (SSSR count). The van der Waals surface area contributed by atoms with Gasteiger partial charge in [0.15, 0.2) is 0 Å². The molecule has 0 radical (unpaired) electrons. The number of hydrogen-bond acceptors (Lipinski definition) is 4. The van der Waals surface area contributed by atoms with Gasteiger partial charge < -0.3 is 18.6 Å². The molecule has 4 heterocycles. The highest BCUT2D eigenvalue weighted by Gasteiger charge is 2.29. The van der Waals surface area contributed by atoms with Crippen molar-refractivity contribution in [3.8, 4) is 22.5 Å². The molecule has 0 saturated heterocycles. The van der Waals surface area contributed by atoms with Crippen molar-refractivity contribution in [1.29, 1.82) is 0 Å². The van der Waals surface area contributed by atoms with E-state index in [2.05, 4.69) is 170 Å². The zero-order chi connectivity index (χ0) is 35.2. The molecular weight excluding hydrogens is 641 g/mol. The Morgan fingerprint density at radius 3 is 1.27 bits per heavy atom. The molecule has 254 valence electrons. The van der Waals surface area contributed by atoms with Gasteiger partial charge in [0.25, 0.3) is 0 Å². The van der Waals surface area contributed by atoms with Crippen LogP contribution in [-0.4, -0.2) is 45.2 Å². The van der Waals surface area contributed by atoms with E-state index in [1.54, 1.807) is 0 Å². The van der Waals surface area contributed by atoms with Crippen LogP contribution in [0.25, 0.3) is 66.1 Å². The summed E-state index contributed by atoms with van der Waals surface area (Å²) in [5, 5.41) is 4.87. The molecule has 0 bridgehead atoms. The Morgan fingerprint density at radius 1 is 0.423 bits per heavy atom. The number of para-hydroxylation sites is 2. The van der Waals surface area contributed by atoms with Crippen molar-refractivity contribution >= 4 is 55.4 Å². The van der Waals surface area contributed by atoms with Gasteiger partial charge in [-0.05, 0) is 112 Å². The lowest BCUT2D eigenvalue weighted by Crippen LogP contribution is -2.24. The third kappa shape index (κ3) is 4.93. The molecule has 52 heavy (non-hydrogen) atoms. The van der Waals surface area contributed by atoms with Crippen molar-refractivity contribution in [2.75, 3.05) is 13.1 Å². The van der Waals surface area contributed by atoms with Crippen LogP contribution in [0.15, 0.2) is 143 Å². The number of aliphatic imine (C=N–C) groups is 2. The number of aromatic nitrogens is 2. The van der Waals surface area contributed by atoms with Crippen LogP contribution >= 0.6 is 0 Å². The maximum atomic E-state index is 6.19. The van der Waals surface area contributed by atoms with Crippen molar-refractivity contribution in [2.45, 2.75) is 38.9 Å². The minimum Gasteiger partial charge on any atom is -0.469 e. The summed E-state index contributed by atoms with van der Waals surface area (Å²) in [4.78, 5) is 9.42. The minimum atomic E-state index is -0.282. The zero-order valence-electron chi connectivity index (χ0n) is 29.7. The second-order valence-electron chi connectivity index (χ2n) is 15.2. The van der Waals surface area contributed by atoms with E-state index >= 15 is 0 Å². The van der Waals surface area contributed by atoms with Crippen molar-refractivity contribution < 1.29 is 9.47 Å². The Hall–Kier alpha value is -6.14. The van der Waals surface area contributed by atoms with Crippen LogP contribution in [0.5, 0.6) is 0 Å². The molecule has 0 unspecified atom stereocenters. The number of fused-ring (bicyclic) bond motifs is 6. The first kappa shape index (κ1) is 30.7. The average molecular weight is 679 g/mol. The summed E-state index contributed by atoms with van der Waals surface area (Å²) >= 11 is 0. The van der Waals surface area contributed by atoms with Crippen molar-refractivity contribution in [3.05, 3.63) is 145 Å². The molecule has 6 aromatic carbocycles. The van der Waals surface area contributed by atoms with Gasteiger partial charge in [0.1, 0.15) is 11.2 Å². The fourth-order valence-corrected chi connectivity index (χ4v) is 7.89. The SMILES string of the molecule is CC1(C)CN=C(c2cccc(-n3c4ccccc4c4cc(-c5ccc6c(c5)c5ccccc5n6-c5cccc(C6=NCC(C)(C)O6)c5)ccc43)c2)O1. The maximum absolute atomic E-state index is 6.19. The summed E-state index contributed by atoms with van der Waals surface area (Å²) in [5.74, 6) is 1.42. The molecule has 2 aromatic heterocycles. The van der Waals surface area contributed by atoms with E-state index in [0.717, 1.165) is 33.5 Å². The normalized spacial score (nSPS) is 16.4. The van der Waals surface area contributed by atoms with Crippen molar-refractivity contribution in [2.24, 2.45) is 9.98 Å². The predicted molar refractivity (Wildman–Crippen MR) is 214 cm³/mol. The van der Waals surface area contributed by atoms with Crippen LogP contribution in [0.2, 0.25) is 0 Å². The third-order valence-electron chi connectivity index (χ3n) is 10.3. The number of benzene rings is 6. The average Bonchev–Trinajstić information content (AvgIpc) is 3.91. The van der Waals surface area contributed by atoms with Crippen molar-refractivity contribution in [1.82, 2.24) is 9.13 Å². The first-order valence-electron chi connectivity index (χ1n) is 18.0. The van der Waals surface area contributed by atoms with Gasteiger partial charge in [-0.25, -0.2) is 9.98 Å². The van der Waals surface area contributed by atoms with Crippen LogP contribution in [0.1, 0.15) is 38.8 Å². The Kier molecular flexibility index (Phi) is 6.59. The number of hydrogen-bond donors (Lipinski definition) is 0. The summed E-state index contributed by atoms with van der Waals surface area (Å²) in [7, 11) is 0. The van der Waals surface area contributed by atoms with Crippen LogP contribution in [-0.2, 0) is 9.47 Å². The molecule has 0 saturated carbocycles. The highest BCUT2D eigenvalue weighted by molar-refractivity contribution is 6.13. The topological polar surface area (TPSA) is 53.0 Å². The van der Waals surface area contributed by atoms with E-state index < -0.39 is 0 Å². The molecule has 2 aliphatic heterocycles. The molecule has 8 aromatic rings. The fourth-order valence-electron chi connectivity index (χ4n) is 7.89. The van der Waals surface area contributed by atoms with Crippen LogP contribution < -0.4 is 0 Å². The van der Waals surface area contributed by atoms with Gasteiger partial charge in [-0.2, -0.15) is 0 Å². The highest BCUT2D eigenvalue weighted by Crippen LogP contribution is 2.39. The first-order valence-corrected chi connectivity index (χ1v) is 18.0. The molecule has 0 fully saturated rings. The predicted octanol–water partition coefficient (Wildman–Crippen LogP) is 10.7. The van der Waals surface area contributed by atoms with Gasteiger partial charge in [-0.15, -0.1) is 0 Å². The highest BCUT2D eigenvalue weighted by atomic mass is 16.5. The molecule has 6 nitrogen and oxygen atoms in total. The van der Waals surface area contributed by atoms with E-state index in [1.165, 1.54) is 43.7 Å². The fraction of sp³-hybridized carbons (Fsp3) is 0.174. The lowest BCUT2D eigenvalue weighted by Gasteiger charge is -2.17. The second-order valence-corrected chi connectivity index (χ2v) is 15.2. The first-order chi connectivity index (χ1) is 25.2. The molecular formula is C46H38N4O2. The number of ether oxygens (including phenoxy) is 2. The summed E-state index contributed by atoms with van der Waals surface area (Å²) in [6.07, 6.45) is 0. The summed E-state index contributed by atoms with van der Waals surface area (Å²) in [5.41, 5.74) is 10.6. The monoisotopic (exact) mass is 678 g/mol. The van der Waals surface area contributed by atoms with E-state index in [-0.39, 0.29) is 11.2 Å². The maximum Gasteiger partial charge on any atom is 0.216 e. The van der Waals surface area contributed by atoms with Gasteiger partial charge in [0, 0.05) is 44.0 Å². The largest absolute Gasteiger partial charge is 0.469 e. The van der Waals surface area contributed by atoms with Gasteiger partial charge in [-0.1, -0.05) is 60.7 Å². The molecule has 2 aliphatic rings. The lowest BCUT2D eigenvalue weighted by molar-refractivity contribution is 0.131. The Balaban J connectivity index is 1.09. The van der Waals surface area contributed by atoms with E-state index in [9.17, 15) is 0 Å². The lowest BCUT2D eigenvalue weighted by atomic mass is 10.0. The van der Waals surface area contributed by atoms with Gasteiger partial charge in [-0.3, -0.25) is 0 Å². The van der Waals surface area contributed by atoms with Crippen LogP contribution in [0.4, 0.5) is 0 Å². The van der Waals surface area contributed by atoms with E-state index in [4.69, 9.17) is 19.5 Å². The molecule has 0 amide bonds. The zero-order valence-corrected chi connectivity index (χ0v) is 29.7. The van der Waals surface area contributed by atoms with Crippen LogP contribution in [0.3, 0.4) is 0 Å². The molecule has 0 aliphatic carbocycles. The molecule has 0 atom stereocenters. The Bertz CT molecular complexity index is 2620. The molecule has 0 N–H and O–H groups in total. The summed E-state index contributed by atoms with van der Waals surface area (Å²) in [6.45, 7) is 9.64. The van der Waals surface area contributed by atoms with Gasteiger partial charge in [0.2, 0.25) is 11.8 Å². The standard InChI is InChI=1S/C46H38N4O2/c1-45(2)27-47-43(51-45)31-11-9-13-33(23-31)49-39-17-7-5-15-35(39)37-25-29(19-21-41(37)49)30-20-22-42-38(26-30)36-16-6-8-18-40(36)50(42)34-14-10-12-32(24-34)44-48-28-46(3,4)52-44/h5-26H,27-28H2,1-4H3. The number of nitrogens with zero attached hydrogens (tertiary/aromatic N) is 4. The van der Waals surface area contributed by atoms with Crippen molar-refractivity contribution in [3.63, 3.8) is 0 Å². The van der Waals surface area contributed by atoms with Gasteiger partial charge in [0.05, 0.1) is 35.2 Å². The number of rotatable bonds is 5. The Labute approximate surface area is 302 Å². The van der Waals surface area contributed by atoms with Crippen LogP contribution in [0, 0.1) is 0 Å². The second kappa shape index (κ2) is 11.2. The van der Waals surface area contributed by atoms with E-state index in [1.807, 2.05) is 0 Å². The quantitative estimate of drug-likeness (QED) is 0.182. The third-order valence-corrected chi connectivity index (χ3v) is 10.3.